The van der Waals surface area contributed by atoms with E-state index in [1.54, 1.807) is 19.2 Å². The molecule has 4 heteroatoms. The van der Waals surface area contributed by atoms with Gasteiger partial charge in [0.05, 0.1) is 7.11 Å². The zero-order chi connectivity index (χ0) is 21.8. The van der Waals surface area contributed by atoms with Crippen molar-refractivity contribution in [2.24, 2.45) is 0 Å². The highest BCUT2D eigenvalue weighted by molar-refractivity contribution is 6.09. The van der Waals surface area contributed by atoms with Gasteiger partial charge in [-0.25, -0.2) is 0 Å². The fraction of sp³-hybridized carbons (Fsp3) is 0.148. The maximum absolute atomic E-state index is 13.0. The van der Waals surface area contributed by atoms with Gasteiger partial charge in [-0.05, 0) is 66.8 Å². The highest BCUT2D eigenvalue weighted by atomic mass is 16.5. The van der Waals surface area contributed by atoms with E-state index in [0.717, 1.165) is 27.8 Å². The number of ether oxygens (including phenoxy) is 2. The third-order valence-electron chi connectivity index (χ3n) is 5.45. The highest BCUT2D eigenvalue weighted by Crippen LogP contribution is 2.26. The number of carbonyl (C=O) groups excluding carboxylic acids is 1. The van der Waals surface area contributed by atoms with Crippen molar-refractivity contribution in [2.45, 2.75) is 20.5 Å². The molecule has 0 aromatic heterocycles. The summed E-state index contributed by atoms with van der Waals surface area (Å²) in [6.07, 6.45) is 0. The molecule has 0 aliphatic carbocycles. The van der Waals surface area contributed by atoms with E-state index in [2.05, 4.69) is 19.2 Å². The van der Waals surface area contributed by atoms with E-state index in [9.17, 15) is 4.79 Å². The lowest BCUT2D eigenvalue weighted by Gasteiger charge is -2.14. The standard InChI is InChI=1S/C27H25NO3/c1-18-11-13-23(15-19(18)2)31-17-22-16-21(12-14-26(22)30-3)27(29)28-25-10-6-8-20-7-4-5-9-24(20)25/h4-16H,17H2,1-3H3,(H,28,29). The van der Waals surface area contributed by atoms with Crippen molar-refractivity contribution in [3.8, 4) is 11.5 Å². The largest absolute Gasteiger partial charge is 0.496 e. The number of rotatable bonds is 6. The van der Waals surface area contributed by atoms with Crippen LogP contribution in [0, 0.1) is 13.8 Å². The Morgan fingerprint density at radius 3 is 2.48 bits per heavy atom. The number of carbonyl (C=O) groups is 1. The molecule has 0 atom stereocenters. The number of anilines is 1. The average Bonchev–Trinajstić information content (AvgIpc) is 2.80. The van der Waals surface area contributed by atoms with Crippen LogP contribution in [0.25, 0.3) is 10.8 Å². The van der Waals surface area contributed by atoms with Crippen LogP contribution in [-0.2, 0) is 6.61 Å². The van der Waals surface area contributed by atoms with Crippen molar-refractivity contribution < 1.29 is 14.3 Å². The molecule has 0 radical (unpaired) electrons. The van der Waals surface area contributed by atoms with Crippen molar-refractivity contribution in [1.29, 1.82) is 0 Å². The molecule has 1 N–H and O–H groups in total. The summed E-state index contributed by atoms with van der Waals surface area (Å²) in [5, 5.41) is 5.12. The Kier molecular flexibility index (Phi) is 5.89. The van der Waals surface area contributed by atoms with Crippen molar-refractivity contribution in [3.63, 3.8) is 0 Å². The number of hydrogen-bond donors (Lipinski definition) is 1. The summed E-state index contributed by atoms with van der Waals surface area (Å²) in [5.41, 5.74) is 4.54. The topological polar surface area (TPSA) is 47.6 Å². The minimum Gasteiger partial charge on any atom is -0.496 e. The number of amides is 1. The van der Waals surface area contributed by atoms with Crippen LogP contribution >= 0.6 is 0 Å². The molecule has 0 saturated carbocycles. The summed E-state index contributed by atoms with van der Waals surface area (Å²) in [6, 6.07) is 25.2. The summed E-state index contributed by atoms with van der Waals surface area (Å²) >= 11 is 0. The van der Waals surface area contributed by atoms with Gasteiger partial charge in [-0.15, -0.1) is 0 Å². The van der Waals surface area contributed by atoms with Crippen molar-refractivity contribution in [3.05, 3.63) is 101 Å². The van der Waals surface area contributed by atoms with Crippen molar-refractivity contribution in [1.82, 2.24) is 0 Å². The maximum atomic E-state index is 13.0. The summed E-state index contributed by atoms with van der Waals surface area (Å²) in [5.74, 6) is 1.30. The average molecular weight is 412 g/mol. The fourth-order valence-corrected chi connectivity index (χ4v) is 3.53. The number of nitrogens with one attached hydrogen (secondary N) is 1. The second-order valence-electron chi connectivity index (χ2n) is 7.54. The lowest BCUT2D eigenvalue weighted by Crippen LogP contribution is -2.13. The van der Waals surface area contributed by atoms with Crippen LogP contribution in [0.5, 0.6) is 11.5 Å². The number of fused-ring (bicyclic) bond motifs is 1. The number of hydrogen-bond acceptors (Lipinski definition) is 3. The molecule has 0 spiro atoms. The van der Waals surface area contributed by atoms with E-state index < -0.39 is 0 Å². The normalized spacial score (nSPS) is 10.7. The molecule has 0 aliphatic heterocycles. The molecule has 0 fully saturated rings. The minimum absolute atomic E-state index is 0.175. The zero-order valence-corrected chi connectivity index (χ0v) is 17.9. The first kappa shape index (κ1) is 20.5. The molecule has 0 bridgehead atoms. The predicted molar refractivity (Wildman–Crippen MR) is 125 cm³/mol. The Morgan fingerprint density at radius 2 is 1.68 bits per heavy atom. The predicted octanol–water partition coefficient (Wildman–Crippen LogP) is 6.30. The van der Waals surface area contributed by atoms with Crippen molar-refractivity contribution >= 4 is 22.4 Å². The Morgan fingerprint density at radius 1 is 0.871 bits per heavy atom. The summed E-state index contributed by atoms with van der Waals surface area (Å²) in [6.45, 7) is 4.43. The van der Waals surface area contributed by atoms with Crippen LogP contribution in [0.4, 0.5) is 5.69 Å². The van der Waals surface area contributed by atoms with Crippen LogP contribution in [-0.4, -0.2) is 13.0 Å². The van der Waals surface area contributed by atoms with Gasteiger partial charge in [-0.3, -0.25) is 4.79 Å². The van der Waals surface area contributed by atoms with E-state index in [1.807, 2.05) is 66.7 Å². The van der Waals surface area contributed by atoms with Gasteiger partial charge < -0.3 is 14.8 Å². The SMILES string of the molecule is COc1ccc(C(=O)Nc2cccc3ccccc23)cc1COc1ccc(C)c(C)c1. The molecule has 31 heavy (non-hydrogen) atoms. The van der Waals surface area contributed by atoms with Gasteiger partial charge in [0.15, 0.2) is 0 Å². The molecule has 0 unspecified atom stereocenters. The molecule has 1 amide bonds. The van der Waals surface area contributed by atoms with Gasteiger partial charge in [0.25, 0.3) is 5.91 Å². The van der Waals surface area contributed by atoms with Gasteiger partial charge in [0.2, 0.25) is 0 Å². The van der Waals surface area contributed by atoms with E-state index in [1.165, 1.54) is 11.1 Å². The first-order chi connectivity index (χ1) is 15.0. The summed E-state index contributed by atoms with van der Waals surface area (Å²) < 4.78 is 11.4. The first-order valence-electron chi connectivity index (χ1n) is 10.2. The molecule has 4 aromatic carbocycles. The lowest BCUT2D eigenvalue weighted by molar-refractivity contribution is 0.102. The van der Waals surface area contributed by atoms with E-state index in [-0.39, 0.29) is 5.91 Å². The van der Waals surface area contributed by atoms with E-state index in [0.29, 0.717) is 17.9 Å². The van der Waals surface area contributed by atoms with Crippen LogP contribution in [0.3, 0.4) is 0 Å². The molecular formula is C27H25NO3. The smallest absolute Gasteiger partial charge is 0.255 e. The Hall–Kier alpha value is -3.79. The Balaban J connectivity index is 1.55. The number of methoxy groups -OCH3 is 1. The third kappa shape index (κ3) is 4.53. The second kappa shape index (κ2) is 8.92. The van der Waals surface area contributed by atoms with Gasteiger partial charge >= 0.3 is 0 Å². The summed E-state index contributed by atoms with van der Waals surface area (Å²) in [4.78, 5) is 13.0. The first-order valence-corrected chi connectivity index (χ1v) is 10.2. The van der Waals surface area contributed by atoms with Gasteiger partial charge in [0, 0.05) is 22.2 Å². The molecule has 4 rings (SSSR count). The quantitative estimate of drug-likeness (QED) is 0.405. The Bertz CT molecular complexity index is 1240. The molecule has 0 aliphatic rings. The molecule has 0 saturated heterocycles. The van der Waals surface area contributed by atoms with E-state index >= 15 is 0 Å². The number of aryl methyl sites for hydroxylation is 2. The maximum Gasteiger partial charge on any atom is 0.255 e. The fourth-order valence-electron chi connectivity index (χ4n) is 3.53. The monoisotopic (exact) mass is 411 g/mol. The lowest BCUT2D eigenvalue weighted by atomic mass is 10.1. The van der Waals surface area contributed by atoms with Gasteiger partial charge in [0.1, 0.15) is 18.1 Å². The van der Waals surface area contributed by atoms with Crippen LogP contribution < -0.4 is 14.8 Å². The zero-order valence-electron chi connectivity index (χ0n) is 17.9. The summed E-state index contributed by atoms with van der Waals surface area (Å²) in [7, 11) is 1.62. The third-order valence-corrected chi connectivity index (χ3v) is 5.45. The molecule has 156 valence electrons. The van der Waals surface area contributed by atoms with Crippen LogP contribution in [0.15, 0.2) is 78.9 Å². The highest BCUT2D eigenvalue weighted by Gasteiger charge is 2.13. The van der Waals surface area contributed by atoms with Crippen molar-refractivity contribution in [2.75, 3.05) is 12.4 Å². The molecule has 4 aromatic rings. The van der Waals surface area contributed by atoms with Gasteiger partial charge in [-0.1, -0.05) is 42.5 Å². The number of benzene rings is 4. The van der Waals surface area contributed by atoms with Crippen LogP contribution in [0.1, 0.15) is 27.0 Å². The molecular weight excluding hydrogens is 386 g/mol. The second-order valence-corrected chi connectivity index (χ2v) is 7.54. The molecule has 0 heterocycles. The van der Waals surface area contributed by atoms with Gasteiger partial charge in [-0.2, -0.15) is 0 Å². The van der Waals surface area contributed by atoms with Crippen LogP contribution in [0.2, 0.25) is 0 Å². The minimum atomic E-state index is -0.175. The molecule has 4 nitrogen and oxygen atoms in total. The van der Waals surface area contributed by atoms with E-state index in [4.69, 9.17) is 9.47 Å². The Labute approximate surface area is 182 Å².